The van der Waals surface area contributed by atoms with Crippen molar-refractivity contribution in [2.24, 2.45) is 0 Å². The SMILES string of the molecule is Nc1n[nH]nc1C(=O)N1CCc2ccccc2C1. The molecule has 0 bridgehead atoms. The van der Waals surface area contributed by atoms with Crippen molar-refractivity contribution < 1.29 is 4.79 Å². The van der Waals surface area contributed by atoms with E-state index in [0.717, 1.165) is 6.42 Å². The van der Waals surface area contributed by atoms with Crippen LogP contribution in [0.5, 0.6) is 0 Å². The standard InChI is InChI=1S/C12H13N5O/c13-11-10(14-16-15-11)12(18)17-6-5-8-3-1-2-4-9(8)7-17/h1-4H,5-7H2,(H3,13,14,15,16). The number of rotatable bonds is 1. The van der Waals surface area contributed by atoms with Gasteiger partial charge in [-0.25, -0.2) is 0 Å². The molecule has 6 nitrogen and oxygen atoms in total. The lowest BCUT2D eigenvalue weighted by molar-refractivity contribution is 0.0730. The lowest BCUT2D eigenvalue weighted by Crippen LogP contribution is -2.36. The Morgan fingerprint density at radius 1 is 1.28 bits per heavy atom. The lowest BCUT2D eigenvalue weighted by Gasteiger charge is -2.28. The average Bonchev–Trinajstić information content (AvgIpc) is 2.83. The van der Waals surface area contributed by atoms with Crippen molar-refractivity contribution in [1.82, 2.24) is 20.3 Å². The summed E-state index contributed by atoms with van der Waals surface area (Å²) in [7, 11) is 0. The maximum atomic E-state index is 12.2. The quantitative estimate of drug-likeness (QED) is 0.767. The van der Waals surface area contributed by atoms with E-state index in [1.54, 1.807) is 4.90 Å². The molecular weight excluding hydrogens is 230 g/mol. The Balaban J connectivity index is 1.84. The second-order valence-corrected chi connectivity index (χ2v) is 4.30. The van der Waals surface area contributed by atoms with Crippen LogP contribution in [-0.4, -0.2) is 32.8 Å². The molecule has 1 aromatic heterocycles. The average molecular weight is 243 g/mol. The van der Waals surface area contributed by atoms with E-state index in [0.29, 0.717) is 13.1 Å². The van der Waals surface area contributed by atoms with Crippen LogP contribution in [0.2, 0.25) is 0 Å². The summed E-state index contributed by atoms with van der Waals surface area (Å²) in [5, 5.41) is 9.83. The molecule has 0 aliphatic carbocycles. The summed E-state index contributed by atoms with van der Waals surface area (Å²) in [5.74, 6) is -0.0189. The van der Waals surface area contributed by atoms with Crippen molar-refractivity contribution in [3.63, 3.8) is 0 Å². The molecule has 1 aliphatic heterocycles. The zero-order valence-electron chi connectivity index (χ0n) is 9.76. The maximum Gasteiger partial charge on any atom is 0.278 e. The Morgan fingerprint density at radius 2 is 2.06 bits per heavy atom. The number of hydrogen-bond acceptors (Lipinski definition) is 4. The summed E-state index contributed by atoms with van der Waals surface area (Å²) in [4.78, 5) is 14.0. The third kappa shape index (κ3) is 1.71. The molecule has 0 saturated heterocycles. The molecule has 1 aromatic carbocycles. The molecule has 0 spiro atoms. The van der Waals surface area contributed by atoms with Gasteiger partial charge in [-0.1, -0.05) is 24.3 Å². The summed E-state index contributed by atoms with van der Waals surface area (Å²) in [6, 6.07) is 8.14. The van der Waals surface area contributed by atoms with Gasteiger partial charge in [0.1, 0.15) is 0 Å². The van der Waals surface area contributed by atoms with Gasteiger partial charge < -0.3 is 10.6 Å². The fourth-order valence-corrected chi connectivity index (χ4v) is 2.22. The van der Waals surface area contributed by atoms with E-state index in [1.807, 2.05) is 18.2 Å². The highest BCUT2D eigenvalue weighted by Gasteiger charge is 2.24. The van der Waals surface area contributed by atoms with Crippen LogP contribution >= 0.6 is 0 Å². The highest BCUT2D eigenvalue weighted by molar-refractivity contribution is 5.96. The third-order valence-corrected chi connectivity index (χ3v) is 3.20. The van der Waals surface area contributed by atoms with Crippen molar-refractivity contribution in [2.75, 3.05) is 12.3 Å². The number of nitrogen functional groups attached to an aromatic ring is 1. The molecule has 92 valence electrons. The minimum absolute atomic E-state index is 0.152. The van der Waals surface area contributed by atoms with Crippen LogP contribution in [0.15, 0.2) is 24.3 Å². The number of benzene rings is 1. The van der Waals surface area contributed by atoms with Gasteiger partial charge in [-0.3, -0.25) is 4.79 Å². The third-order valence-electron chi connectivity index (χ3n) is 3.20. The van der Waals surface area contributed by atoms with Crippen LogP contribution in [0.1, 0.15) is 21.6 Å². The van der Waals surface area contributed by atoms with E-state index in [4.69, 9.17) is 5.73 Å². The molecule has 18 heavy (non-hydrogen) atoms. The summed E-state index contributed by atoms with van der Waals surface area (Å²) in [6.07, 6.45) is 0.861. The van der Waals surface area contributed by atoms with E-state index in [9.17, 15) is 4.79 Å². The molecule has 0 saturated carbocycles. The van der Waals surface area contributed by atoms with Crippen molar-refractivity contribution in [3.8, 4) is 0 Å². The Kier molecular flexibility index (Phi) is 2.47. The zero-order valence-corrected chi connectivity index (χ0v) is 9.76. The molecule has 2 heterocycles. The van der Waals surface area contributed by atoms with Crippen LogP contribution in [0.25, 0.3) is 0 Å². The van der Waals surface area contributed by atoms with Gasteiger partial charge in [0.25, 0.3) is 5.91 Å². The molecule has 6 heteroatoms. The minimum Gasteiger partial charge on any atom is -0.380 e. The number of carbonyl (C=O) groups is 1. The summed E-state index contributed by atoms with van der Waals surface area (Å²) in [6.45, 7) is 1.28. The summed E-state index contributed by atoms with van der Waals surface area (Å²) in [5.41, 5.74) is 8.27. The molecular formula is C12H13N5O. The highest BCUT2D eigenvalue weighted by Crippen LogP contribution is 2.20. The van der Waals surface area contributed by atoms with E-state index in [-0.39, 0.29) is 17.4 Å². The molecule has 0 unspecified atom stereocenters. The second kappa shape index (κ2) is 4.14. The largest absolute Gasteiger partial charge is 0.380 e. The number of nitrogens with two attached hydrogens (primary N) is 1. The summed E-state index contributed by atoms with van der Waals surface area (Å²) >= 11 is 0. The zero-order chi connectivity index (χ0) is 12.5. The summed E-state index contributed by atoms with van der Waals surface area (Å²) < 4.78 is 0. The fourth-order valence-electron chi connectivity index (χ4n) is 2.22. The van der Waals surface area contributed by atoms with Crippen LogP contribution in [-0.2, 0) is 13.0 Å². The highest BCUT2D eigenvalue weighted by atomic mass is 16.2. The van der Waals surface area contributed by atoms with Gasteiger partial charge in [0.2, 0.25) is 0 Å². The van der Waals surface area contributed by atoms with E-state index in [1.165, 1.54) is 11.1 Å². The van der Waals surface area contributed by atoms with Crippen LogP contribution < -0.4 is 5.73 Å². The number of anilines is 1. The maximum absolute atomic E-state index is 12.2. The minimum atomic E-state index is -0.171. The van der Waals surface area contributed by atoms with Crippen molar-refractivity contribution in [3.05, 3.63) is 41.1 Å². The predicted molar refractivity (Wildman–Crippen MR) is 65.7 cm³/mol. The van der Waals surface area contributed by atoms with E-state index in [2.05, 4.69) is 21.5 Å². The van der Waals surface area contributed by atoms with Gasteiger partial charge in [-0.15, -0.1) is 10.2 Å². The monoisotopic (exact) mass is 243 g/mol. The van der Waals surface area contributed by atoms with E-state index < -0.39 is 0 Å². The molecule has 2 aromatic rings. The molecule has 0 fully saturated rings. The molecule has 3 rings (SSSR count). The number of hydrogen-bond donors (Lipinski definition) is 2. The van der Waals surface area contributed by atoms with Gasteiger partial charge in [0.05, 0.1) is 0 Å². The van der Waals surface area contributed by atoms with Crippen LogP contribution in [0, 0.1) is 0 Å². The number of aromatic amines is 1. The molecule has 0 atom stereocenters. The van der Waals surface area contributed by atoms with Gasteiger partial charge in [0, 0.05) is 13.1 Å². The number of fused-ring (bicyclic) bond motifs is 1. The van der Waals surface area contributed by atoms with Crippen molar-refractivity contribution >= 4 is 11.7 Å². The number of nitrogens with zero attached hydrogens (tertiary/aromatic N) is 3. The van der Waals surface area contributed by atoms with Gasteiger partial charge in [0.15, 0.2) is 11.5 Å². The Hall–Kier alpha value is -2.37. The molecule has 3 N–H and O–H groups in total. The van der Waals surface area contributed by atoms with Gasteiger partial charge >= 0.3 is 0 Å². The number of nitrogens with one attached hydrogen (secondary N) is 1. The lowest BCUT2D eigenvalue weighted by atomic mass is 10.00. The first-order valence-corrected chi connectivity index (χ1v) is 5.78. The Labute approximate surface area is 104 Å². The number of H-pyrrole nitrogens is 1. The Bertz CT molecular complexity index is 592. The molecule has 1 aliphatic rings. The van der Waals surface area contributed by atoms with Crippen molar-refractivity contribution in [1.29, 1.82) is 0 Å². The Morgan fingerprint density at radius 3 is 2.78 bits per heavy atom. The molecule has 0 radical (unpaired) electrons. The topological polar surface area (TPSA) is 87.9 Å². The normalized spacial score (nSPS) is 14.3. The van der Waals surface area contributed by atoms with Crippen molar-refractivity contribution in [2.45, 2.75) is 13.0 Å². The number of carbonyl (C=O) groups excluding carboxylic acids is 1. The molecule has 1 amide bonds. The first kappa shape index (κ1) is 10.8. The smallest absolute Gasteiger partial charge is 0.278 e. The van der Waals surface area contributed by atoms with Crippen LogP contribution in [0.3, 0.4) is 0 Å². The number of amides is 1. The fraction of sp³-hybridized carbons (Fsp3) is 0.250. The van der Waals surface area contributed by atoms with Gasteiger partial charge in [-0.2, -0.15) is 5.21 Å². The predicted octanol–water partition coefficient (Wildman–Crippen LogP) is 0.585. The van der Waals surface area contributed by atoms with E-state index >= 15 is 0 Å². The second-order valence-electron chi connectivity index (χ2n) is 4.30. The van der Waals surface area contributed by atoms with Crippen LogP contribution in [0.4, 0.5) is 5.82 Å². The van der Waals surface area contributed by atoms with Gasteiger partial charge in [-0.05, 0) is 17.5 Å². The first-order chi connectivity index (χ1) is 8.75. The number of aromatic nitrogens is 3. The first-order valence-electron chi connectivity index (χ1n) is 5.78.